The molecule has 2 aliphatic rings. The smallest absolute Gasteiger partial charge is 0.249 e. The van der Waals surface area contributed by atoms with E-state index in [1.54, 1.807) is 0 Å². The quantitative estimate of drug-likeness (QED) is 0.877. The fraction of sp³-hybridized carbons (Fsp3) is 0.824. The first kappa shape index (κ1) is 20.1. The molecule has 1 amide bonds. The molecule has 0 radical (unpaired) electrons. The topological polar surface area (TPSA) is 74.5 Å². The van der Waals surface area contributed by atoms with E-state index in [2.05, 4.69) is 48.2 Å². The lowest BCUT2D eigenvalue weighted by Crippen LogP contribution is -2.44. The van der Waals surface area contributed by atoms with Crippen LogP contribution in [0.15, 0.2) is 4.52 Å². The summed E-state index contributed by atoms with van der Waals surface area (Å²) in [5, 5.41) is 7.56. The number of aromatic nitrogens is 2. The Bertz CT molecular complexity index is 586. The molecule has 1 N–H and O–H groups in total. The summed E-state index contributed by atoms with van der Waals surface area (Å²) in [6, 6.07) is 0.0688. The standard InChI is InChI=1S/C17H29N5O2.ClH/c1-17(2,3)10-14(23)22-8-5-6-12(22)16-19-15(20-24-16)13-11-18-7-9-21(13)4;/h12-13,18H,5-11H2,1-4H3;1H. The van der Waals surface area contributed by atoms with E-state index in [1.165, 1.54) is 0 Å². The Hall–Kier alpha value is -1.18. The van der Waals surface area contributed by atoms with Crippen molar-refractivity contribution in [3.05, 3.63) is 11.7 Å². The minimum absolute atomic E-state index is 0. The largest absolute Gasteiger partial charge is 0.337 e. The van der Waals surface area contributed by atoms with E-state index in [9.17, 15) is 4.79 Å². The molecular formula is C17H30ClN5O2. The second kappa shape index (κ2) is 8.01. The van der Waals surface area contributed by atoms with Crippen LogP contribution in [-0.4, -0.2) is 59.1 Å². The summed E-state index contributed by atoms with van der Waals surface area (Å²) in [4.78, 5) is 21.4. The highest BCUT2D eigenvalue weighted by atomic mass is 35.5. The maximum atomic E-state index is 12.6. The van der Waals surface area contributed by atoms with Crippen LogP contribution in [0, 0.1) is 5.41 Å². The Morgan fingerprint density at radius 3 is 2.76 bits per heavy atom. The minimum Gasteiger partial charge on any atom is -0.337 e. The molecule has 2 unspecified atom stereocenters. The monoisotopic (exact) mass is 371 g/mol. The molecule has 8 heteroatoms. The predicted molar refractivity (Wildman–Crippen MR) is 97.5 cm³/mol. The highest BCUT2D eigenvalue weighted by molar-refractivity contribution is 5.85. The Balaban J connectivity index is 0.00000225. The van der Waals surface area contributed by atoms with Crippen LogP contribution in [-0.2, 0) is 4.79 Å². The second-order valence-electron chi connectivity index (χ2n) is 8.17. The zero-order valence-corrected chi connectivity index (χ0v) is 16.4. The summed E-state index contributed by atoms with van der Waals surface area (Å²) >= 11 is 0. The van der Waals surface area contributed by atoms with E-state index in [0.29, 0.717) is 12.3 Å². The molecule has 2 fully saturated rings. The lowest BCUT2D eigenvalue weighted by atomic mass is 9.91. The van der Waals surface area contributed by atoms with E-state index in [1.807, 2.05) is 4.90 Å². The van der Waals surface area contributed by atoms with Gasteiger partial charge in [0.05, 0.1) is 6.04 Å². The van der Waals surface area contributed by atoms with Gasteiger partial charge in [-0.25, -0.2) is 0 Å². The minimum atomic E-state index is -0.0667. The van der Waals surface area contributed by atoms with Gasteiger partial charge in [0.2, 0.25) is 11.8 Å². The summed E-state index contributed by atoms with van der Waals surface area (Å²) in [6.07, 6.45) is 2.43. The van der Waals surface area contributed by atoms with Gasteiger partial charge in [0, 0.05) is 32.6 Å². The number of nitrogens with zero attached hydrogens (tertiary/aromatic N) is 4. The van der Waals surface area contributed by atoms with Gasteiger partial charge in [-0.1, -0.05) is 25.9 Å². The van der Waals surface area contributed by atoms with E-state index < -0.39 is 0 Å². The number of nitrogens with one attached hydrogen (secondary N) is 1. The Kier molecular flexibility index (Phi) is 6.45. The van der Waals surface area contributed by atoms with E-state index in [0.717, 1.165) is 44.8 Å². The number of carbonyl (C=O) groups is 1. The van der Waals surface area contributed by atoms with Crippen molar-refractivity contribution >= 4 is 18.3 Å². The summed E-state index contributed by atoms with van der Waals surface area (Å²) in [5.74, 6) is 1.49. The summed E-state index contributed by atoms with van der Waals surface area (Å²) in [5.41, 5.74) is -0.0132. The first-order valence-corrected chi connectivity index (χ1v) is 8.89. The van der Waals surface area contributed by atoms with E-state index in [-0.39, 0.29) is 35.8 Å². The SMILES string of the molecule is CN1CCNCC1c1noc(C2CCCN2C(=O)CC(C)(C)C)n1.Cl. The van der Waals surface area contributed by atoms with Crippen molar-refractivity contribution in [2.75, 3.05) is 33.2 Å². The van der Waals surface area contributed by atoms with Crippen molar-refractivity contribution in [3.63, 3.8) is 0 Å². The Morgan fingerprint density at radius 2 is 2.08 bits per heavy atom. The van der Waals surface area contributed by atoms with Gasteiger partial charge in [0.1, 0.15) is 6.04 Å². The van der Waals surface area contributed by atoms with Gasteiger partial charge in [-0.3, -0.25) is 9.69 Å². The Morgan fingerprint density at radius 1 is 1.32 bits per heavy atom. The maximum absolute atomic E-state index is 12.6. The van der Waals surface area contributed by atoms with Crippen LogP contribution in [0.1, 0.15) is 63.8 Å². The highest BCUT2D eigenvalue weighted by Crippen LogP contribution is 2.34. The number of likely N-dealkylation sites (N-methyl/N-ethyl adjacent to an activating group) is 1. The van der Waals surface area contributed by atoms with Crippen molar-refractivity contribution < 1.29 is 9.32 Å². The molecule has 2 aliphatic heterocycles. The number of carbonyl (C=O) groups excluding carboxylic acids is 1. The average Bonchev–Trinajstić information content (AvgIpc) is 3.14. The molecule has 2 atom stereocenters. The van der Waals surface area contributed by atoms with Crippen molar-refractivity contribution in [2.45, 2.75) is 52.1 Å². The first-order chi connectivity index (χ1) is 11.3. The average molecular weight is 372 g/mol. The predicted octanol–water partition coefficient (Wildman–Crippen LogP) is 2.17. The molecule has 25 heavy (non-hydrogen) atoms. The molecule has 3 heterocycles. The normalized spacial score (nSPS) is 25.0. The molecule has 142 valence electrons. The zero-order chi connectivity index (χ0) is 17.3. The molecule has 0 bridgehead atoms. The van der Waals surface area contributed by atoms with Crippen LogP contribution in [0.4, 0.5) is 0 Å². The molecule has 7 nitrogen and oxygen atoms in total. The van der Waals surface area contributed by atoms with Gasteiger partial charge in [-0.15, -0.1) is 12.4 Å². The van der Waals surface area contributed by atoms with Crippen molar-refractivity contribution in [1.82, 2.24) is 25.3 Å². The number of amides is 1. The van der Waals surface area contributed by atoms with E-state index >= 15 is 0 Å². The Labute approximate surface area is 155 Å². The first-order valence-electron chi connectivity index (χ1n) is 8.89. The summed E-state index contributed by atoms with van der Waals surface area (Å²) in [6.45, 7) is 9.82. The molecule has 0 aliphatic carbocycles. The summed E-state index contributed by atoms with van der Waals surface area (Å²) < 4.78 is 5.55. The third kappa shape index (κ3) is 4.71. The second-order valence-corrected chi connectivity index (χ2v) is 8.17. The molecule has 0 saturated carbocycles. The highest BCUT2D eigenvalue weighted by Gasteiger charge is 2.36. The van der Waals surface area contributed by atoms with Gasteiger partial charge in [-0.05, 0) is 25.3 Å². The van der Waals surface area contributed by atoms with Crippen LogP contribution in [0.5, 0.6) is 0 Å². The number of piperazine rings is 1. The fourth-order valence-electron chi connectivity index (χ4n) is 3.49. The lowest BCUT2D eigenvalue weighted by Gasteiger charge is -2.30. The molecule has 0 spiro atoms. The number of likely N-dealkylation sites (tertiary alicyclic amines) is 1. The van der Waals surface area contributed by atoms with Crippen LogP contribution in [0.25, 0.3) is 0 Å². The third-order valence-electron chi connectivity index (χ3n) is 4.81. The number of rotatable bonds is 3. The molecule has 2 saturated heterocycles. The number of hydrogen-bond donors (Lipinski definition) is 1. The van der Waals surface area contributed by atoms with Gasteiger partial charge in [-0.2, -0.15) is 4.98 Å². The van der Waals surface area contributed by atoms with Gasteiger partial charge < -0.3 is 14.7 Å². The van der Waals surface area contributed by atoms with Gasteiger partial charge >= 0.3 is 0 Å². The number of hydrogen-bond acceptors (Lipinski definition) is 6. The van der Waals surface area contributed by atoms with Gasteiger partial charge in [0.15, 0.2) is 5.82 Å². The molecule has 1 aromatic heterocycles. The molecular weight excluding hydrogens is 342 g/mol. The molecule has 0 aromatic carbocycles. The fourth-order valence-corrected chi connectivity index (χ4v) is 3.49. The van der Waals surface area contributed by atoms with Crippen LogP contribution in [0.3, 0.4) is 0 Å². The van der Waals surface area contributed by atoms with Crippen molar-refractivity contribution in [1.29, 1.82) is 0 Å². The molecule has 3 rings (SSSR count). The third-order valence-corrected chi connectivity index (χ3v) is 4.81. The van der Waals surface area contributed by atoms with Crippen LogP contribution < -0.4 is 5.32 Å². The maximum Gasteiger partial charge on any atom is 0.249 e. The molecule has 1 aromatic rings. The van der Waals surface area contributed by atoms with Crippen LogP contribution >= 0.6 is 12.4 Å². The van der Waals surface area contributed by atoms with Crippen molar-refractivity contribution in [3.8, 4) is 0 Å². The van der Waals surface area contributed by atoms with Gasteiger partial charge in [0.25, 0.3) is 0 Å². The van der Waals surface area contributed by atoms with Crippen molar-refractivity contribution in [2.24, 2.45) is 5.41 Å². The van der Waals surface area contributed by atoms with Crippen LogP contribution in [0.2, 0.25) is 0 Å². The number of halogens is 1. The zero-order valence-electron chi connectivity index (χ0n) is 15.6. The van der Waals surface area contributed by atoms with E-state index in [4.69, 9.17) is 4.52 Å². The summed E-state index contributed by atoms with van der Waals surface area (Å²) in [7, 11) is 2.08. The lowest BCUT2D eigenvalue weighted by molar-refractivity contribution is -0.134.